The van der Waals surface area contributed by atoms with Crippen LogP contribution in [0.1, 0.15) is 5.56 Å². The molecule has 0 unspecified atom stereocenters. The highest BCUT2D eigenvalue weighted by Gasteiger charge is 2.36. The number of hydrogen-bond donors (Lipinski definition) is 0. The molecule has 0 saturated heterocycles. The smallest absolute Gasteiger partial charge is 0.262 e. The second-order valence-corrected chi connectivity index (χ2v) is 10.5. The summed E-state index contributed by atoms with van der Waals surface area (Å²) in [6, 6.07) is 21.5. The highest BCUT2D eigenvalue weighted by atomic mass is 32.2. The Kier molecular flexibility index (Phi) is 4.84. The Bertz CT molecular complexity index is 1240. The summed E-state index contributed by atoms with van der Waals surface area (Å²) in [6.07, 6.45) is 0. The standard InChI is InChI=1S/C21H20N2O4S2/c1-17-12-13-20-21(16-17)23(29(26,27)19-10-6-3-7-11-19)15-14-22(20)28(24,25)18-8-4-2-5-9-18/h2-13,16H,14-15H2,1H3. The van der Waals surface area contributed by atoms with Crippen molar-refractivity contribution in [2.45, 2.75) is 16.7 Å². The first-order valence-corrected chi connectivity index (χ1v) is 12.0. The van der Waals surface area contributed by atoms with Crippen molar-refractivity contribution in [3.8, 4) is 0 Å². The molecule has 0 amide bonds. The van der Waals surface area contributed by atoms with Crippen molar-refractivity contribution in [2.75, 3.05) is 21.7 Å². The van der Waals surface area contributed by atoms with Crippen LogP contribution in [0.4, 0.5) is 11.4 Å². The van der Waals surface area contributed by atoms with Gasteiger partial charge < -0.3 is 0 Å². The number of anilines is 2. The van der Waals surface area contributed by atoms with E-state index in [1.807, 2.05) is 6.92 Å². The number of benzene rings is 3. The Morgan fingerprint density at radius 2 is 1.07 bits per heavy atom. The van der Waals surface area contributed by atoms with Gasteiger partial charge in [-0.3, -0.25) is 8.61 Å². The number of aryl methyl sites for hydroxylation is 1. The molecular weight excluding hydrogens is 408 g/mol. The van der Waals surface area contributed by atoms with Gasteiger partial charge in [-0.15, -0.1) is 0 Å². The first kappa shape index (κ1) is 19.5. The van der Waals surface area contributed by atoms with Gasteiger partial charge in [0.25, 0.3) is 20.0 Å². The van der Waals surface area contributed by atoms with E-state index < -0.39 is 20.0 Å². The molecule has 29 heavy (non-hydrogen) atoms. The first-order valence-electron chi connectivity index (χ1n) is 9.08. The van der Waals surface area contributed by atoms with Crippen LogP contribution in [0, 0.1) is 6.92 Å². The molecule has 0 bridgehead atoms. The van der Waals surface area contributed by atoms with E-state index in [-0.39, 0.29) is 22.9 Å². The number of sulfonamides is 2. The molecule has 0 spiro atoms. The summed E-state index contributed by atoms with van der Waals surface area (Å²) in [7, 11) is -7.62. The van der Waals surface area contributed by atoms with Gasteiger partial charge in [-0.05, 0) is 48.9 Å². The van der Waals surface area contributed by atoms with E-state index in [0.29, 0.717) is 11.4 Å². The molecule has 1 heterocycles. The minimum atomic E-state index is -3.81. The van der Waals surface area contributed by atoms with Crippen LogP contribution in [0.5, 0.6) is 0 Å². The molecule has 0 fully saturated rings. The lowest BCUT2D eigenvalue weighted by atomic mass is 10.1. The topological polar surface area (TPSA) is 74.8 Å². The van der Waals surface area contributed by atoms with Gasteiger partial charge in [-0.2, -0.15) is 0 Å². The zero-order valence-electron chi connectivity index (χ0n) is 15.8. The van der Waals surface area contributed by atoms with E-state index in [9.17, 15) is 16.8 Å². The zero-order valence-corrected chi connectivity index (χ0v) is 17.4. The summed E-state index contributed by atoms with van der Waals surface area (Å²) >= 11 is 0. The van der Waals surface area contributed by atoms with Crippen LogP contribution in [-0.2, 0) is 20.0 Å². The highest BCUT2D eigenvalue weighted by molar-refractivity contribution is 7.93. The molecule has 1 aliphatic rings. The summed E-state index contributed by atoms with van der Waals surface area (Å²) in [4.78, 5) is 0.345. The number of rotatable bonds is 4. The predicted molar refractivity (Wildman–Crippen MR) is 113 cm³/mol. The zero-order chi connectivity index (χ0) is 20.6. The summed E-state index contributed by atoms with van der Waals surface area (Å²) in [5.74, 6) is 0. The van der Waals surface area contributed by atoms with Crippen LogP contribution in [0.15, 0.2) is 88.7 Å². The molecule has 0 N–H and O–H groups in total. The molecule has 6 nitrogen and oxygen atoms in total. The number of fused-ring (bicyclic) bond motifs is 1. The Hall–Kier alpha value is -2.84. The van der Waals surface area contributed by atoms with Crippen LogP contribution in [0.2, 0.25) is 0 Å². The SMILES string of the molecule is Cc1ccc2c(c1)N(S(=O)(=O)c1ccccc1)CCN2S(=O)(=O)c1ccccc1. The molecule has 0 aromatic heterocycles. The molecule has 0 atom stereocenters. The lowest BCUT2D eigenvalue weighted by molar-refractivity contribution is 0.581. The lowest BCUT2D eigenvalue weighted by Crippen LogP contribution is -2.46. The van der Waals surface area contributed by atoms with E-state index in [0.717, 1.165) is 5.56 Å². The van der Waals surface area contributed by atoms with Crippen molar-refractivity contribution in [1.82, 2.24) is 0 Å². The van der Waals surface area contributed by atoms with Crippen molar-refractivity contribution in [2.24, 2.45) is 0 Å². The van der Waals surface area contributed by atoms with Gasteiger partial charge in [0.05, 0.1) is 34.3 Å². The fourth-order valence-corrected chi connectivity index (χ4v) is 6.38. The van der Waals surface area contributed by atoms with Gasteiger partial charge in [0.2, 0.25) is 0 Å². The maximum atomic E-state index is 13.2. The normalized spacial score (nSPS) is 14.5. The molecule has 0 saturated carbocycles. The summed E-state index contributed by atoms with van der Waals surface area (Å²) in [5, 5.41) is 0. The third kappa shape index (κ3) is 3.38. The van der Waals surface area contributed by atoms with Crippen LogP contribution in [-0.4, -0.2) is 29.9 Å². The van der Waals surface area contributed by atoms with E-state index >= 15 is 0 Å². The molecular formula is C21H20N2O4S2. The van der Waals surface area contributed by atoms with Crippen molar-refractivity contribution in [1.29, 1.82) is 0 Å². The summed E-state index contributed by atoms with van der Waals surface area (Å²) in [5.41, 5.74) is 1.56. The van der Waals surface area contributed by atoms with Crippen LogP contribution >= 0.6 is 0 Å². The van der Waals surface area contributed by atoms with E-state index in [1.165, 1.54) is 32.9 Å². The van der Waals surface area contributed by atoms with Gasteiger partial charge in [-0.25, -0.2) is 16.8 Å². The van der Waals surface area contributed by atoms with Gasteiger partial charge in [0.15, 0.2) is 0 Å². The lowest BCUT2D eigenvalue weighted by Gasteiger charge is -2.37. The molecule has 4 rings (SSSR count). The fraction of sp³-hybridized carbons (Fsp3) is 0.143. The van der Waals surface area contributed by atoms with Gasteiger partial charge >= 0.3 is 0 Å². The molecule has 0 aliphatic carbocycles. The minimum Gasteiger partial charge on any atom is -0.262 e. The molecule has 1 aliphatic heterocycles. The highest BCUT2D eigenvalue weighted by Crippen LogP contribution is 2.39. The number of nitrogens with zero attached hydrogens (tertiary/aromatic N) is 2. The van der Waals surface area contributed by atoms with Gasteiger partial charge in [0.1, 0.15) is 0 Å². The Morgan fingerprint density at radius 3 is 1.55 bits per heavy atom. The Morgan fingerprint density at radius 1 is 0.621 bits per heavy atom. The molecule has 150 valence electrons. The first-order chi connectivity index (χ1) is 13.8. The maximum absolute atomic E-state index is 13.2. The third-order valence-electron chi connectivity index (χ3n) is 4.84. The third-order valence-corrected chi connectivity index (χ3v) is 8.49. The van der Waals surface area contributed by atoms with Crippen LogP contribution < -0.4 is 8.61 Å². The summed E-state index contributed by atoms with van der Waals surface area (Å²) in [6.45, 7) is 1.90. The largest absolute Gasteiger partial charge is 0.264 e. The average molecular weight is 429 g/mol. The van der Waals surface area contributed by atoms with Crippen molar-refractivity contribution >= 4 is 31.4 Å². The van der Waals surface area contributed by atoms with E-state index in [1.54, 1.807) is 54.6 Å². The van der Waals surface area contributed by atoms with E-state index in [2.05, 4.69) is 0 Å². The van der Waals surface area contributed by atoms with Crippen molar-refractivity contribution in [3.05, 3.63) is 84.4 Å². The number of hydrogen-bond acceptors (Lipinski definition) is 4. The Labute approximate surface area is 171 Å². The Balaban J connectivity index is 1.84. The molecule has 0 radical (unpaired) electrons. The summed E-state index contributed by atoms with van der Waals surface area (Å²) < 4.78 is 55.5. The molecule has 3 aromatic carbocycles. The van der Waals surface area contributed by atoms with Crippen LogP contribution in [0.3, 0.4) is 0 Å². The van der Waals surface area contributed by atoms with E-state index in [4.69, 9.17) is 0 Å². The second kappa shape index (κ2) is 7.20. The van der Waals surface area contributed by atoms with Gasteiger partial charge in [-0.1, -0.05) is 42.5 Å². The quantitative estimate of drug-likeness (QED) is 0.638. The molecule has 3 aromatic rings. The minimum absolute atomic E-state index is 0.0271. The van der Waals surface area contributed by atoms with Crippen LogP contribution in [0.25, 0.3) is 0 Å². The molecule has 8 heteroatoms. The monoisotopic (exact) mass is 428 g/mol. The fourth-order valence-electron chi connectivity index (χ4n) is 3.41. The van der Waals surface area contributed by atoms with Gasteiger partial charge in [0, 0.05) is 0 Å². The maximum Gasteiger partial charge on any atom is 0.264 e. The van der Waals surface area contributed by atoms with Crippen molar-refractivity contribution < 1.29 is 16.8 Å². The second-order valence-electron chi connectivity index (χ2n) is 6.77. The predicted octanol–water partition coefficient (Wildman–Crippen LogP) is 3.40. The average Bonchev–Trinajstić information content (AvgIpc) is 2.74. The van der Waals surface area contributed by atoms with Crippen molar-refractivity contribution in [3.63, 3.8) is 0 Å².